The van der Waals surface area contributed by atoms with Gasteiger partial charge in [0.2, 0.25) is 5.88 Å². The second kappa shape index (κ2) is 17.1. The normalized spacial score (nSPS) is 15.6. The quantitative estimate of drug-likeness (QED) is 0.196. The largest absolute Gasteiger partial charge is 0.465 e. The zero-order valence-corrected chi connectivity index (χ0v) is 28.1. The summed E-state index contributed by atoms with van der Waals surface area (Å²) in [6, 6.07) is 8.29. The topological polar surface area (TPSA) is 137 Å². The number of benzene rings is 1. The summed E-state index contributed by atoms with van der Waals surface area (Å²) in [5, 5.41) is 9.78. The van der Waals surface area contributed by atoms with E-state index in [1.165, 1.54) is 4.90 Å². The molecule has 1 aromatic carbocycles. The summed E-state index contributed by atoms with van der Waals surface area (Å²) in [6.07, 6.45) is 7.27. The SMILES string of the molecule is Cn1ccnc1SCC1CCN(C(=O)Oc2ccc(Oc3ccc(C(F)(F)F)cn3)cc2)CC1.O=C(O)N1CCC(COn2ccnc2)CC1. The fraction of sp³-hybridized carbons (Fsp3) is 0.424. The summed E-state index contributed by atoms with van der Waals surface area (Å²) in [4.78, 5) is 43.7. The number of thioether (sulfide) groups is 1. The van der Waals surface area contributed by atoms with Crippen LogP contribution in [0.25, 0.3) is 0 Å². The van der Waals surface area contributed by atoms with E-state index in [2.05, 4.69) is 15.0 Å². The van der Waals surface area contributed by atoms with Gasteiger partial charge in [-0.15, -0.1) is 0 Å². The third-order valence-corrected chi connectivity index (χ3v) is 9.53. The van der Waals surface area contributed by atoms with Crippen LogP contribution in [0.5, 0.6) is 17.4 Å². The molecule has 0 bridgehead atoms. The Kier molecular flexibility index (Phi) is 12.5. The Morgan fingerprint density at radius 2 is 1.58 bits per heavy atom. The molecule has 2 aliphatic heterocycles. The highest BCUT2D eigenvalue weighted by Gasteiger charge is 2.31. The highest BCUT2D eigenvalue weighted by Crippen LogP contribution is 2.31. The smallest absolute Gasteiger partial charge is 0.417 e. The molecule has 6 rings (SSSR count). The fourth-order valence-corrected chi connectivity index (χ4v) is 6.36. The summed E-state index contributed by atoms with van der Waals surface area (Å²) in [6.45, 7) is 3.08. The first-order chi connectivity index (χ1) is 24.0. The number of hydrogen-bond acceptors (Lipinski definition) is 9. The summed E-state index contributed by atoms with van der Waals surface area (Å²) in [5.74, 6) is 2.65. The minimum atomic E-state index is -4.45. The average molecular weight is 718 g/mol. The molecule has 2 saturated heterocycles. The molecule has 3 aromatic heterocycles. The lowest BCUT2D eigenvalue weighted by Gasteiger charge is -2.31. The molecule has 13 nitrogen and oxygen atoms in total. The van der Waals surface area contributed by atoms with Gasteiger partial charge in [0.15, 0.2) is 5.16 Å². The van der Waals surface area contributed by atoms with Gasteiger partial charge in [-0.25, -0.2) is 24.5 Å². The highest BCUT2D eigenvalue weighted by molar-refractivity contribution is 7.99. The summed E-state index contributed by atoms with van der Waals surface area (Å²) >= 11 is 1.73. The molecule has 2 fully saturated rings. The van der Waals surface area contributed by atoms with E-state index in [9.17, 15) is 22.8 Å². The van der Waals surface area contributed by atoms with Gasteiger partial charge in [-0.1, -0.05) is 11.8 Å². The van der Waals surface area contributed by atoms with Gasteiger partial charge in [0.25, 0.3) is 0 Å². The third-order valence-electron chi connectivity index (χ3n) is 8.24. The van der Waals surface area contributed by atoms with E-state index in [0.717, 1.165) is 48.7 Å². The Bertz CT molecular complexity index is 1640. The number of ether oxygens (including phenoxy) is 2. The van der Waals surface area contributed by atoms with Gasteiger partial charge in [0, 0.05) is 69.8 Å². The first kappa shape index (κ1) is 36.4. The van der Waals surface area contributed by atoms with Gasteiger partial charge in [-0.2, -0.15) is 17.9 Å². The standard InChI is InChI=1S/C23H23F3N4O3S.C10H15N3O3/c1-29-13-10-27-21(29)34-15-16-8-11-30(12-9-16)22(31)33-19-5-3-18(4-6-19)32-20-7-2-17(14-28-20)23(24,25)26;14-10(15)12-4-1-9(2-5-12)7-16-13-6-3-11-8-13/h2-7,10,13-14,16H,8-9,11-12,15H2,1H3;3,6,8-9H,1-2,4-5,7H2,(H,14,15). The molecule has 0 unspecified atom stereocenters. The van der Waals surface area contributed by atoms with Crippen LogP contribution in [0.3, 0.4) is 0 Å². The van der Waals surface area contributed by atoms with Gasteiger partial charge in [0.1, 0.15) is 24.4 Å². The molecule has 0 spiro atoms. The van der Waals surface area contributed by atoms with Crippen molar-refractivity contribution < 1.29 is 42.2 Å². The first-order valence-electron chi connectivity index (χ1n) is 16.0. The number of halogens is 3. The number of hydrogen-bond donors (Lipinski definition) is 1. The van der Waals surface area contributed by atoms with Crippen molar-refractivity contribution in [3.05, 3.63) is 79.3 Å². The molecule has 4 aromatic rings. The summed E-state index contributed by atoms with van der Waals surface area (Å²) < 4.78 is 52.3. The number of carbonyl (C=O) groups is 2. The van der Waals surface area contributed by atoms with E-state index in [0.29, 0.717) is 62.3 Å². The number of carboxylic acid groups (broad SMARTS) is 1. The van der Waals surface area contributed by atoms with Gasteiger partial charge >= 0.3 is 18.4 Å². The fourth-order valence-electron chi connectivity index (χ4n) is 5.24. The second-order valence-corrected chi connectivity index (χ2v) is 12.8. The number of amides is 2. The number of rotatable bonds is 9. The molecule has 0 atom stereocenters. The van der Waals surface area contributed by atoms with E-state index in [1.807, 2.05) is 17.8 Å². The Morgan fingerprint density at radius 1 is 0.900 bits per heavy atom. The predicted octanol–water partition coefficient (Wildman–Crippen LogP) is 6.33. The summed E-state index contributed by atoms with van der Waals surface area (Å²) in [5.41, 5.74) is -0.849. The number of carbonyl (C=O) groups excluding carboxylic acids is 1. The van der Waals surface area contributed by atoms with Crippen LogP contribution < -0.4 is 14.3 Å². The Labute approximate surface area is 290 Å². The van der Waals surface area contributed by atoms with E-state index in [-0.39, 0.29) is 5.88 Å². The zero-order valence-electron chi connectivity index (χ0n) is 27.3. The van der Waals surface area contributed by atoms with Crippen molar-refractivity contribution in [2.45, 2.75) is 37.0 Å². The molecule has 5 heterocycles. The van der Waals surface area contributed by atoms with E-state index >= 15 is 0 Å². The van der Waals surface area contributed by atoms with Crippen molar-refractivity contribution in [1.82, 2.24) is 34.0 Å². The maximum Gasteiger partial charge on any atom is 0.417 e. The zero-order chi connectivity index (χ0) is 35.5. The van der Waals surface area contributed by atoms with Crippen LogP contribution in [0, 0.1) is 11.8 Å². The molecular formula is C33H38F3N7O6S. The average Bonchev–Trinajstić information content (AvgIpc) is 3.79. The Morgan fingerprint density at radius 3 is 2.16 bits per heavy atom. The minimum absolute atomic E-state index is 0.0293. The lowest BCUT2D eigenvalue weighted by atomic mass is 9.98. The van der Waals surface area contributed by atoms with Crippen LogP contribution in [0.15, 0.2) is 78.9 Å². The number of imidazole rings is 2. The van der Waals surface area contributed by atoms with Crippen molar-refractivity contribution in [2.24, 2.45) is 18.9 Å². The van der Waals surface area contributed by atoms with Crippen molar-refractivity contribution >= 4 is 23.9 Å². The third kappa shape index (κ3) is 10.8. The van der Waals surface area contributed by atoms with Crippen molar-refractivity contribution in [1.29, 1.82) is 0 Å². The number of likely N-dealkylation sites (tertiary alicyclic amines) is 2. The van der Waals surface area contributed by atoms with E-state index in [1.54, 1.807) is 70.6 Å². The molecule has 2 amide bonds. The van der Waals surface area contributed by atoms with Crippen LogP contribution >= 0.6 is 11.8 Å². The molecule has 0 radical (unpaired) electrons. The maximum absolute atomic E-state index is 12.6. The molecule has 0 aliphatic carbocycles. The molecular weight excluding hydrogens is 679 g/mol. The maximum atomic E-state index is 12.6. The van der Waals surface area contributed by atoms with E-state index in [4.69, 9.17) is 19.4 Å². The second-order valence-electron chi connectivity index (χ2n) is 11.8. The number of piperidine rings is 2. The Hall–Kier alpha value is -4.93. The minimum Gasteiger partial charge on any atom is -0.465 e. The van der Waals surface area contributed by atoms with Crippen molar-refractivity contribution in [3.8, 4) is 17.4 Å². The number of alkyl halides is 3. The molecule has 17 heteroatoms. The van der Waals surface area contributed by atoms with Crippen LogP contribution in [-0.2, 0) is 13.2 Å². The number of aryl methyl sites for hydroxylation is 1. The summed E-state index contributed by atoms with van der Waals surface area (Å²) in [7, 11) is 1.97. The molecule has 268 valence electrons. The van der Waals surface area contributed by atoms with E-state index < -0.39 is 23.9 Å². The van der Waals surface area contributed by atoms with Crippen LogP contribution in [0.4, 0.5) is 22.8 Å². The van der Waals surface area contributed by atoms with Gasteiger partial charge in [0.05, 0.1) is 11.8 Å². The molecule has 2 aliphatic rings. The monoisotopic (exact) mass is 717 g/mol. The first-order valence-corrected chi connectivity index (χ1v) is 17.0. The lowest BCUT2D eigenvalue weighted by Crippen LogP contribution is -2.40. The Balaban J connectivity index is 0.000000253. The molecule has 50 heavy (non-hydrogen) atoms. The number of pyridine rings is 1. The van der Waals surface area contributed by atoms with Crippen molar-refractivity contribution in [3.63, 3.8) is 0 Å². The molecule has 1 N–H and O–H groups in total. The molecule has 0 saturated carbocycles. The predicted molar refractivity (Wildman–Crippen MR) is 176 cm³/mol. The van der Waals surface area contributed by atoms with Crippen LogP contribution in [0.1, 0.15) is 31.2 Å². The number of aromatic nitrogens is 5. The van der Waals surface area contributed by atoms with Gasteiger partial charge in [-0.3, -0.25) is 0 Å². The highest BCUT2D eigenvalue weighted by atomic mass is 32.2. The lowest BCUT2D eigenvalue weighted by molar-refractivity contribution is -0.137. The van der Waals surface area contributed by atoms with Gasteiger partial charge in [-0.05, 0) is 67.9 Å². The van der Waals surface area contributed by atoms with Crippen LogP contribution in [-0.4, -0.2) is 89.9 Å². The van der Waals surface area contributed by atoms with Gasteiger partial charge < -0.3 is 33.8 Å². The van der Waals surface area contributed by atoms with Crippen LogP contribution in [0.2, 0.25) is 0 Å². The van der Waals surface area contributed by atoms with Crippen molar-refractivity contribution in [2.75, 3.05) is 38.5 Å². The number of nitrogens with zero attached hydrogens (tertiary/aromatic N) is 7.